The lowest BCUT2D eigenvalue weighted by Gasteiger charge is -2.27. The predicted molar refractivity (Wildman–Crippen MR) is 117 cm³/mol. The van der Waals surface area contributed by atoms with Crippen molar-refractivity contribution in [3.63, 3.8) is 0 Å². The predicted octanol–water partition coefficient (Wildman–Crippen LogP) is 7.26. The molecule has 3 nitrogen and oxygen atoms in total. The van der Waals surface area contributed by atoms with Gasteiger partial charge in [-0.2, -0.15) is 0 Å². The van der Waals surface area contributed by atoms with Crippen LogP contribution in [0.2, 0.25) is 0 Å². The number of methoxy groups -OCH3 is 1. The van der Waals surface area contributed by atoms with Crippen LogP contribution in [0.25, 0.3) is 5.83 Å². The molecule has 1 aromatic carbocycles. The van der Waals surface area contributed by atoms with E-state index in [4.69, 9.17) is 9.47 Å². The van der Waals surface area contributed by atoms with Crippen LogP contribution in [-0.4, -0.2) is 25.8 Å². The lowest BCUT2D eigenvalue weighted by molar-refractivity contribution is 0.0316. The molecule has 0 spiro atoms. The summed E-state index contributed by atoms with van der Waals surface area (Å²) in [5, 5.41) is 0. The van der Waals surface area contributed by atoms with E-state index in [0.717, 1.165) is 38.5 Å². The molecule has 0 amide bonds. The largest absolute Gasteiger partial charge is 0.459 e. The van der Waals surface area contributed by atoms with E-state index in [1.54, 1.807) is 7.11 Å². The highest BCUT2D eigenvalue weighted by Crippen LogP contribution is 2.39. The Kier molecular flexibility index (Phi) is 10.5. The third kappa shape index (κ3) is 7.50. The summed E-state index contributed by atoms with van der Waals surface area (Å²) >= 11 is 0. The number of halogens is 2. The number of carbonyl (C=O) groups is 1. The van der Waals surface area contributed by atoms with Gasteiger partial charge in [-0.1, -0.05) is 31.9 Å². The maximum Gasteiger partial charge on any atom is 0.338 e. The van der Waals surface area contributed by atoms with Crippen molar-refractivity contribution in [2.45, 2.75) is 77.7 Å². The first-order valence-corrected chi connectivity index (χ1v) is 11.3. The van der Waals surface area contributed by atoms with Crippen LogP contribution in [0.5, 0.6) is 0 Å². The summed E-state index contributed by atoms with van der Waals surface area (Å²) in [5.74, 6) is -1.58. The fourth-order valence-electron chi connectivity index (χ4n) is 4.17. The van der Waals surface area contributed by atoms with Gasteiger partial charge < -0.3 is 9.47 Å². The van der Waals surface area contributed by atoms with Gasteiger partial charge in [-0.25, -0.2) is 13.6 Å². The van der Waals surface area contributed by atoms with Gasteiger partial charge in [0.2, 0.25) is 0 Å². The van der Waals surface area contributed by atoms with Crippen LogP contribution in [0.3, 0.4) is 0 Å². The minimum Gasteiger partial charge on any atom is -0.459 e. The van der Waals surface area contributed by atoms with Crippen molar-refractivity contribution < 1.29 is 23.0 Å². The van der Waals surface area contributed by atoms with Gasteiger partial charge in [-0.15, -0.1) is 0 Å². The van der Waals surface area contributed by atoms with Crippen LogP contribution in [0, 0.1) is 11.8 Å². The molecule has 0 aromatic heterocycles. The molecule has 1 unspecified atom stereocenters. The maximum atomic E-state index is 14.7. The first kappa shape index (κ1) is 24.5. The number of esters is 1. The van der Waals surface area contributed by atoms with E-state index < -0.39 is 17.6 Å². The molecule has 0 bridgehead atoms. The van der Waals surface area contributed by atoms with E-state index >= 15 is 0 Å². The third-order valence-corrected chi connectivity index (χ3v) is 6.00. The second-order valence-corrected chi connectivity index (χ2v) is 8.45. The molecule has 30 heavy (non-hydrogen) atoms. The summed E-state index contributed by atoms with van der Waals surface area (Å²) in [7, 11) is 1.66. The van der Waals surface area contributed by atoms with Crippen molar-refractivity contribution in [3.8, 4) is 0 Å². The monoisotopic (exact) mass is 422 g/mol. The third-order valence-electron chi connectivity index (χ3n) is 6.00. The highest BCUT2D eigenvalue weighted by molar-refractivity contribution is 5.89. The number of carbonyl (C=O) groups excluding carboxylic acids is 1. The molecule has 0 aliphatic heterocycles. The maximum absolute atomic E-state index is 14.7. The number of hydrogen-bond donors (Lipinski definition) is 0. The van der Waals surface area contributed by atoms with Crippen LogP contribution in [0.1, 0.15) is 87.6 Å². The van der Waals surface area contributed by atoms with Crippen molar-refractivity contribution in [2.75, 3.05) is 13.7 Å². The highest BCUT2D eigenvalue weighted by atomic mass is 19.2. The van der Waals surface area contributed by atoms with E-state index in [9.17, 15) is 13.6 Å². The van der Waals surface area contributed by atoms with E-state index in [1.165, 1.54) is 30.7 Å². The number of allylic oxidation sites excluding steroid dienone is 1. The molecule has 1 atom stereocenters. The van der Waals surface area contributed by atoms with Gasteiger partial charge in [0.1, 0.15) is 5.83 Å². The molecule has 0 radical (unpaired) electrons. The first-order chi connectivity index (χ1) is 14.5. The lowest BCUT2D eigenvalue weighted by atomic mass is 9.79. The Hall–Kier alpha value is -1.75. The number of unbranched alkanes of at least 4 members (excludes halogenated alkanes) is 1. The molecular weight excluding hydrogens is 386 g/mol. The van der Waals surface area contributed by atoms with Gasteiger partial charge in [0.05, 0.1) is 11.7 Å². The fourth-order valence-corrected chi connectivity index (χ4v) is 4.17. The van der Waals surface area contributed by atoms with Gasteiger partial charge in [-0.05, 0) is 69.9 Å². The Bertz CT molecular complexity index is 676. The number of benzene rings is 1. The second-order valence-electron chi connectivity index (χ2n) is 8.45. The van der Waals surface area contributed by atoms with Crippen LogP contribution < -0.4 is 0 Å². The van der Waals surface area contributed by atoms with Gasteiger partial charge in [0.15, 0.2) is 5.83 Å². The van der Waals surface area contributed by atoms with Crippen molar-refractivity contribution in [1.29, 1.82) is 0 Å². The lowest BCUT2D eigenvalue weighted by Crippen LogP contribution is -2.15. The van der Waals surface area contributed by atoms with Crippen LogP contribution in [0.15, 0.2) is 30.1 Å². The molecule has 1 saturated carbocycles. The molecule has 1 aromatic rings. The van der Waals surface area contributed by atoms with Crippen molar-refractivity contribution in [1.82, 2.24) is 0 Å². The molecule has 2 rings (SSSR count). The minimum absolute atomic E-state index is 0.173. The standard InChI is InChI=1S/C25H36F2O3/c1-4-7-19-9-11-20(12-10-19)23(26)24(27)21-13-15-22(16-14-21)25(28)30-18(2)8-5-6-17-29-3/h13-16,18-20H,4-12,17H2,1-3H3/b24-23+. The van der Waals surface area contributed by atoms with Crippen molar-refractivity contribution in [3.05, 3.63) is 41.2 Å². The molecule has 168 valence electrons. The Balaban J connectivity index is 1.90. The van der Waals surface area contributed by atoms with E-state index in [-0.39, 0.29) is 17.6 Å². The zero-order valence-corrected chi connectivity index (χ0v) is 18.6. The topological polar surface area (TPSA) is 35.5 Å². The Morgan fingerprint density at radius 2 is 1.70 bits per heavy atom. The van der Waals surface area contributed by atoms with Crippen LogP contribution in [-0.2, 0) is 9.47 Å². The molecule has 1 aliphatic carbocycles. The van der Waals surface area contributed by atoms with Crippen molar-refractivity contribution >= 4 is 11.8 Å². The first-order valence-electron chi connectivity index (χ1n) is 11.3. The normalized spacial score (nSPS) is 21.1. The highest BCUT2D eigenvalue weighted by Gasteiger charge is 2.26. The summed E-state index contributed by atoms with van der Waals surface area (Å²) in [5.41, 5.74) is 0.517. The SMILES string of the molecule is CCCC1CCC(/C(F)=C(\F)c2ccc(C(=O)OC(C)CCCCOC)cc2)CC1. The van der Waals surface area contributed by atoms with Gasteiger partial charge >= 0.3 is 5.97 Å². The van der Waals surface area contributed by atoms with Gasteiger partial charge in [0, 0.05) is 25.2 Å². The van der Waals surface area contributed by atoms with E-state index in [0.29, 0.717) is 30.9 Å². The molecule has 1 aliphatic rings. The molecule has 1 fully saturated rings. The zero-order valence-electron chi connectivity index (χ0n) is 18.6. The number of hydrogen-bond acceptors (Lipinski definition) is 3. The summed E-state index contributed by atoms with van der Waals surface area (Å²) < 4.78 is 39.8. The van der Waals surface area contributed by atoms with Crippen LogP contribution >= 0.6 is 0 Å². The molecule has 5 heteroatoms. The molecular formula is C25H36F2O3. The number of rotatable bonds is 11. The molecule has 0 saturated heterocycles. The number of ether oxygens (including phenoxy) is 2. The Morgan fingerprint density at radius 1 is 1.07 bits per heavy atom. The second kappa shape index (κ2) is 12.8. The Labute approximate surface area is 179 Å². The summed E-state index contributed by atoms with van der Waals surface area (Å²) in [6.45, 7) is 4.71. The minimum atomic E-state index is -0.805. The molecule has 0 heterocycles. The fraction of sp³-hybridized carbons (Fsp3) is 0.640. The smallest absolute Gasteiger partial charge is 0.338 e. The molecule has 0 N–H and O–H groups in total. The average Bonchev–Trinajstić information content (AvgIpc) is 2.76. The van der Waals surface area contributed by atoms with Crippen molar-refractivity contribution in [2.24, 2.45) is 11.8 Å². The van der Waals surface area contributed by atoms with Gasteiger partial charge in [0.25, 0.3) is 0 Å². The van der Waals surface area contributed by atoms with Crippen LogP contribution in [0.4, 0.5) is 8.78 Å². The van der Waals surface area contributed by atoms with Gasteiger partial charge in [-0.3, -0.25) is 0 Å². The van der Waals surface area contributed by atoms with E-state index in [2.05, 4.69) is 6.92 Å². The van der Waals surface area contributed by atoms with E-state index in [1.807, 2.05) is 6.92 Å². The Morgan fingerprint density at radius 3 is 2.30 bits per heavy atom. The quantitative estimate of drug-likeness (QED) is 0.278. The summed E-state index contributed by atoms with van der Waals surface area (Å²) in [6, 6.07) is 5.91. The zero-order chi connectivity index (χ0) is 21.9. The summed E-state index contributed by atoms with van der Waals surface area (Å²) in [6.07, 6.45) is 8.05. The average molecular weight is 423 g/mol. The summed E-state index contributed by atoms with van der Waals surface area (Å²) in [4.78, 5) is 12.3.